The van der Waals surface area contributed by atoms with Gasteiger partial charge in [0.1, 0.15) is 0 Å². The van der Waals surface area contributed by atoms with Crippen LogP contribution in [0.2, 0.25) is 0 Å². The summed E-state index contributed by atoms with van der Waals surface area (Å²) < 4.78 is 117. The third-order valence-electron chi connectivity index (χ3n) is 7.41. The van der Waals surface area contributed by atoms with Gasteiger partial charge in [-0.15, -0.1) is 0 Å². The zero-order chi connectivity index (χ0) is 25.0. The van der Waals surface area contributed by atoms with E-state index < -0.39 is 55.0 Å². The van der Waals surface area contributed by atoms with Crippen molar-refractivity contribution in [1.82, 2.24) is 0 Å². The first-order chi connectivity index (χ1) is 15.2. The third-order valence-corrected chi connectivity index (χ3v) is 7.41. The summed E-state index contributed by atoms with van der Waals surface area (Å²) in [5.74, 6) is -2.96. The number of halogens is 9. The van der Waals surface area contributed by atoms with Gasteiger partial charge in [0.2, 0.25) is 0 Å². The molecule has 0 radical (unpaired) electrons. The fraction of sp³-hybridized carbons (Fsp3) is 0.826. The lowest BCUT2D eigenvalue weighted by Crippen LogP contribution is -2.57. The van der Waals surface area contributed by atoms with Gasteiger partial charge in [-0.25, -0.2) is 4.39 Å². The van der Waals surface area contributed by atoms with Crippen molar-refractivity contribution in [2.45, 2.75) is 95.0 Å². The van der Waals surface area contributed by atoms with E-state index in [9.17, 15) is 44.6 Å². The number of rotatable bonds is 8. The minimum absolute atomic E-state index is 0.181. The maximum absolute atomic E-state index is 13.5. The lowest BCUT2D eigenvalue weighted by molar-refractivity contribution is -0.372. The van der Waals surface area contributed by atoms with Crippen molar-refractivity contribution in [3.63, 3.8) is 0 Å². The van der Waals surface area contributed by atoms with Gasteiger partial charge in [-0.3, -0.25) is 0 Å². The van der Waals surface area contributed by atoms with Crippen molar-refractivity contribution in [3.05, 3.63) is 24.1 Å². The van der Waals surface area contributed by atoms with Crippen molar-refractivity contribution in [2.75, 3.05) is 0 Å². The van der Waals surface area contributed by atoms with Crippen LogP contribution in [0, 0.1) is 23.7 Å². The molecule has 2 saturated carbocycles. The van der Waals surface area contributed by atoms with Crippen LogP contribution >= 0.6 is 0 Å². The fourth-order valence-corrected chi connectivity index (χ4v) is 5.50. The van der Waals surface area contributed by atoms with Crippen molar-refractivity contribution in [3.8, 4) is 0 Å². The Hall–Kier alpha value is -1.19. The van der Waals surface area contributed by atoms with Crippen LogP contribution in [-0.2, 0) is 0 Å². The smallest absolute Gasteiger partial charge is 0.374 e. The second-order valence-electron chi connectivity index (χ2n) is 9.67. The minimum Gasteiger partial charge on any atom is -0.374 e. The molecule has 1 N–H and O–H groups in total. The SMILES string of the molecule is C=C(CC(CC(F)=C(F)F)CC(O)(C(F)(F)F)C(F)(F)F)C1CCC(C2CCCCC2)CC1. The minimum atomic E-state index is -6.10. The number of allylic oxidation sites excluding steroid dienone is 2. The topological polar surface area (TPSA) is 20.2 Å². The first-order valence-corrected chi connectivity index (χ1v) is 11.4. The van der Waals surface area contributed by atoms with E-state index in [1.807, 2.05) is 0 Å². The summed E-state index contributed by atoms with van der Waals surface area (Å²) in [6.07, 6.45) is -9.88. The van der Waals surface area contributed by atoms with Crippen LogP contribution in [0.3, 0.4) is 0 Å². The van der Waals surface area contributed by atoms with Crippen molar-refractivity contribution in [2.24, 2.45) is 23.7 Å². The molecule has 2 fully saturated rings. The van der Waals surface area contributed by atoms with Crippen LogP contribution < -0.4 is 0 Å². The summed E-state index contributed by atoms with van der Waals surface area (Å²) in [6.45, 7) is 3.79. The second kappa shape index (κ2) is 11.0. The van der Waals surface area contributed by atoms with Gasteiger partial charge >= 0.3 is 18.4 Å². The van der Waals surface area contributed by atoms with Gasteiger partial charge in [0.25, 0.3) is 5.60 Å². The zero-order valence-electron chi connectivity index (χ0n) is 18.4. The van der Waals surface area contributed by atoms with Gasteiger partial charge in [-0.1, -0.05) is 44.3 Å². The highest BCUT2D eigenvalue weighted by atomic mass is 19.4. The van der Waals surface area contributed by atoms with E-state index in [-0.39, 0.29) is 5.92 Å². The van der Waals surface area contributed by atoms with E-state index in [0.29, 0.717) is 30.3 Å². The maximum atomic E-state index is 13.5. The quantitative estimate of drug-likeness (QED) is 0.264. The Bertz CT molecular complexity index is 663. The summed E-state index contributed by atoms with van der Waals surface area (Å²) in [4.78, 5) is 0. The van der Waals surface area contributed by atoms with Gasteiger partial charge in [0.05, 0.1) is 0 Å². The molecule has 0 aromatic carbocycles. The highest BCUT2D eigenvalue weighted by Gasteiger charge is 2.70. The Morgan fingerprint density at radius 1 is 0.758 bits per heavy atom. The van der Waals surface area contributed by atoms with E-state index in [0.717, 1.165) is 25.7 Å². The molecule has 0 spiro atoms. The van der Waals surface area contributed by atoms with E-state index in [2.05, 4.69) is 6.58 Å². The molecular formula is C23H31F9O. The zero-order valence-corrected chi connectivity index (χ0v) is 18.4. The standard InChI is InChI=1S/C23H31F9O/c1-14(16-7-9-18(10-8-16)17-5-3-2-4-6-17)11-15(12-19(24)20(25)26)13-21(33,22(27,28)29)23(30,31)32/h15-18,33H,1-13H2. The van der Waals surface area contributed by atoms with Gasteiger partial charge in [0.15, 0.2) is 5.83 Å². The molecular weight excluding hydrogens is 463 g/mol. The summed E-state index contributed by atoms with van der Waals surface area (Å²) in [5.41, 5.74) is -4.81. The van der Waals surface area contributed by atoms with Crippen LogP contribution in [0.4, 0.5) is 39.5 Å². The first-order valence-electron chi connectivity index (χ1n) is 11.4. The Kier molecular flexibility index (Phi) is 9.38. The average Bonchev–Trinajstić information content (AvgIpc) is 2.72. The van der Waals surface area contributed by atoms with Crippen LogP contribution in [0.15, 0.2) is 24.1 Å². The molecule has 0 aromatic rings. The molecule has 10 heteroatoms. The number of aliphatic hydroxyl groups is 1. The molecule has 0 aromatic heterocycles. The Morgan fingerprint density at radius 3 is 1.70 bits per heavy atom. The van der Waals surface area contributed by atoms with Crippen molar-refractivity contribution in [1.29, 1.82) is 0 Å². The lowest BCUT2D eigenvalue weighted by Gasteiger charge is -2.38. The number of hydrogen-bond acceptors (Lipinski definition) is 1. The molecule has 0 bridgehead atoms. The van der Waals surface area contributed by atoms with Gasteiger partial charge < -0.3 is 5.11 Å². The molecule has 2 rings (SSSR count). The molecule has 0 amide bonds. The molecule has 2 aliphatic rings. The summed E-state index contributed by atoms with van der Waals surface area (Å²) in [7, 11) is 0. The summed E-state index contributed by atoms with van der Waals surface area (Å²) in [5, 5.41) is 9.50. The first kappa shape index (κ1) is 28.1. The summed E-state index contributed by atoms with van der Waals surface area (Å²) >= 11 is 0. The highest BCUT2D eigenvalue weighted by Crippen LogP contribution is 2.49. The number of alkyl halides is 6. The van der Waals surface area contributed by atoms with Gasteiger partial charge in [-0.05, 0) is 62.2 Å². The average molecular weight is 494 g/mol. The normalized spacial score (nSPS) is 24.4. The van der Waals surface area contributed by atoms with E-state index in [4.69, 9.17) is 0 Å². The molecule has 0 saturated heterocycles. The maximum Gasteiger partial charge on any atom is 0.426 e. The molecule has 1 atom stereocenters. The largest absolute Gasteiger partial charge is 0.426 e. The van der Waals surface area contributed by atoms with Crippen LogP contribution in [-0.4, -0.2) is 23.1 Å². The van der Waals surface area contributed by atoms with Crippen LogP contribution in [0.5, 0.6) is 0 Å². The van der Waals surface area contributed by atoms with E-state index >= 15 is 0 Å². The lowest BCUT2D eigenvalue weighted by atomic mass is 9.69. The summed E-state index contributed by atoms with van der Waals surface area (Å²) in [6, 6.07) is 0. The molecule has 2 aliphatic carbocycles. The molecule has 33 heavy (non-hydrogen) atoms. The Labute approximate surface area is 188 Å². The van der Waals surface area contributed by atoms with Gasteiger partial charge in [-0.2, -0.15) is 35.1 Å². The third kappa shape index (κ3) is 7.15. The van der Waals surface area contributed by atoms with Crippen molar-refractivity contribution < 1.29 is 44.6 Å². The van der Waals surface area contributed by atoms with E-state index in [1.54, 1.807) is 0 Å². The molecule has 0 heterocycles. The molecule has 0 aliphatic heterocycles. The van der Waals surface area contributed by atoms with Crippen LogP contribution in [0.1, 0.15) is 77.0 Å². The highest BCUT2D eigenvalue weighted by molar-refractivity contribution is 5.08. The van der Waals surface area contributed by atoms with E-state index in [1.165, 1.54) is 19.3 Å². The number of hydrogen-bond donors (Lipinski definition) is 1. The fourth-order valence-electron chi connectivity index (χ4n) is 5.50. The van der Waals surface area contributed by atoms with Crippen molar-refractivity contribution >= 4 is 0 Å². The molecule has 1 nitrogen and oxygen atoms in total. The molecule has 192 valence electrons. The predicted octanol–water partition coefficient (Wildman–Crippen LogP) is 8.65. The van der Waals surface area contributed by atoms with Gasteiger partial charge in [0, 0.05) is 6.42 Å². The Morgan fingerprint density at radius 2 is 1.24 bits per heavy atom. The Balaban J connectivity index is 2.10. The monoisotopic (exact) mass is 494 g/mol. The molecule has 1 unspecified atom stereocenters. The van der Waals surface area contributed by atoms with Crippen LogP contribution in [0.25, 0.3) is 0 Å². The predicted molar refractivity (Wildman–Crippen MR) is 106 cm³/mol. The second-order valence-corrected chi connectivity index (χ2v) is 9.67.